The van der Waals surface area contributed by atoms with Gasteiger partial charge >= 0.3 is 6.18 Å². The van der Waals surface area contributed by atoms with E-state index in [0.717, 1.165) is 11.0 Å². The molecule has 0 bridgehead atoms. The number of nitrogens with one attached hydrogen (secondary N) is 1. The molecule has 0 saturated carbocycles. The number of amides is 1. The number of carbonyl (C=O) groups excluding carboxylic acids is 1. The summed E-state index contributed by atoms with van der Waals surface area (Å²) >= 11 is 1.18. The van der Waals surface area contributed by atoms with Crippen molar-refractivity contribution in [2.24, 2.45) is 0 Å². The Hall–Kier alpha value is -2.35. The minimum absolute atomic E-state index is 0. The molecule has 150 valence electrons. The number of carbonyl (C=O) groups is 1. The van der Waals surface area contributed by atoms with E-state index in [2.05, 4.69) is 5.32 Å². The van der Waals surface area contributed by atoms with Crippen LogP contribution < -0.4 is 11.1 Å². The average molecular weight is 429 g/mol. The van der Waals surface area contributed by atoms with Crippen LogP contribution in [0.25, 0.3) is 0 Å². The maximum Gasteiger partial charge on any atom is 0.417 e. The quantitative estimate of drug-likeness (QED) is 0.497. The van der Waals surface area contributed by atoms with Crippen LogP contribution in [0.4, 0.5) is 24.5 Å². The Morgan fingerprint density at radius 3 is 2.54 bits per heavy atom. The number of nitrogens with zero attached hydrogens (tertiary/aromatic N) is 1. The van der Waals surface area contributed by atoms with Gasteiger partial charge in [-0.15, -0.1) is 11.8 Å². The van der Waals surface area contributed by atoms with E-state index in [1.54, 1.807) is 24.3 Å². The predicted molar refractivity (Wildman–Crippen MR) is 107 cm³/mol. The Kier molecular flexibility index (Phi) is 7.81. The van der Waals surface area contributed by atoms with Crippen LogP contribution in [0.3, 0.4) is 0 Å². The van der Waals surface area contributed by atoms with Crippen LogP contribution in [-0.2, 0) is 11.0 Å². The lowest BCUT2D eigenvalue weighted by molar-refractivity contribution is -0.137. The summed E-state index contributed by atoms with van der Waals surface area (Å²) in [5.41, 5.74) is 2.47. The number of benzene rings is 2. The Morgan fingerprint density at radius 1 is 1.29 bits per heavy atom. The first-order chi connectivity index (χ1) is 12.5. The van der Waals surface area contributed by atoms with Gasteiger partial charge in [0, 0.05) is 22.0 Å². The summed E-state index contributed by atoms with van der Waals surface area (Å²) in [7, 11) is 0. The van der Waals surface area contributed by atoms with Crippen LogP contribution in [0.15, 0.2) is 47.4 Å². The third-order valence-corrected chi connectivity index (χ3v) is 4.86. The molecule has 0 unspecified atom stereocenters. The number of nitrogen functional groups attached to an aromatic ring is 1. The molecule has 0 radical (unpaired) electrons. The van der Waals surface area contributed by atoms with Gasteiger partial charge in [-0.1, -0.05) is 6.07 Å². The number of thioether (sulfide) groups is 1. The molecule has 0 aliphatic rings. The largest absolute Gasteiger partial charge is 0.417 e. The number of nitriles is 1. The summed E-state index contributed by atoms with van der Waals surface area (Å²) in [5, 5.41) is 21.4. The molecular weight excluding hydrogens is 411 g/mol. The van der Waals surface area contributed by atoms with E-state index >= 15 is 0 Å². The van der Waals surface area contributed by atoms with E-state index in [9.17, 15) is 23.1 Å². The molecule has 0 aromatic heterocycles. The summed E-state index contributed by atoms with van der Waals surface area (Å²) in [6.45, 7) is 1.26. The molecule has 2 rings (SSSR count). The molecule has 0 aliphatic carbocycles. The summed E-state index contributed by atoms with van der Waals surface area (Å²) in [5.74, 6) is -0.901. The molecule has 0 spiro atoms. The first kappa shape index (κ1) is 23.7. The molecule has 0 heterocycles. The van der Waals surface area contributed by atoms with E-state index in [1.807, 2.05) is 0 Å². The van der Waals surface area contributed by atoms with Gasteiger partial charge in [0.15, 0.2) is 0 Å². The highest BCUT2D eigenvalue weighted by Gasteiger charge is 2.35. The van der Waals surface area contributed by atoms with Gasteiger partial charge < -0.3 is 16.2 Å². The molecule has 0 fully saturated rings. The van der Waals surface area contributed by atoms with Crippen molar-refractivity contribution in [3.8, 4) is 6.07 Å². The van der Waals surface area contributed by atoms with Crippen LogP contribution >= 0.6 is 25.3 Å². The van der Waals surface area contributed by atoms with Crippen molar-refractivity contribution in [3.63, 3.8) is 0 Å². The van der Waals surface area contributed by atoms with Crippen molar-refractivity contribution < 1.29 is 23.1 Å². The number of halogens is 3. The first-order valence-electron chi connectivity index (χ1n) is 7.66. The van der Waals surface area contributed by atoms with E-state index in [4.69, 9.17) is 11.0 Å². The summed E-state index contributed by atoms with van der Waals surface area (Å²) in [6.07, 6.45) is -4.74. The SMILES string of the molecule is C[C@@](O)(CSc1cccc(N)c1)C(=O)Nc1ccc(C#N)c(C(F)(F)F)c1.S. The van der Waals surface area contributed by atoms with Crippen molar-refractivity contribution in [1.29, 1.82) is 5.26 Å². The van der Waals surface area contributed by atoms with E-state index in [-0.39, 0.29) is 24.9 Å². The highest BCUT2D eigenvalue weighted by Crippen LogP contribution is 2.34. The monoisotopic (exact) mass is 429 g/mol. The zero-order valence-electron chi connectivity index (χ0n) is 14.7. The lowest BCUT2D eigenvalue weighted by Crippen LogP contribution is -2.42. The van der Waals surface area contributed by atoms with Crippen molar-refractivity contribution >= 4 is 42.5 Å². The van der Waals surface area contributed by atoms with Gasteiger partial charge in [0.1, 0.15) is 5.60 Å². The van der Waals surface area contributed by atoms with Crippen LogP contribution in [0.2, 0.25) is 0 Å². The predicted octanol–water partition coefficient (Wildman–Crippen LogP) is 3.75. The number of alkyl halides is 3. The molecule has 4 N–H and O–H groups in total. The molecule has 0 saturated heterocycles. The Morgan fingerprint density at radius 2 is 1.96 bits per heavy atom. The maximum absolute atomic E-state index is 13.0. The first-order valence-corrected chi connectivity index (χ1v) is 8.65. The van der Waals surface area contributed by atoms with Crippen LogP contribution in [0.5, 0.6) is 0 Å². The topological polar surface area (TPSA) is 99.1 Å². The van der Waals surface area contributed by atoms with E-state index in [0.29, 0.717) is 11.8 Å². The van der Waals surface area contributed by atoms with Crippen molar-refractivity contribution in [3.05, 3.63) is 53.6 Å². The van der Waals surface area contributed by atoms with Gasteiger partial charge in [-0.2, -0.15) is 31.9 Å². The number of hydrogen-bond donors (Lipinski definition) is 3. The van der Waals surface area contributed by atoms with E-state index < -0.39 is 28.8 Å². The van der Waals surface area contributed by atoms with Gasteiger partial charge in [0.25, 0.3) is 5.91 Å². The third-order valence-electron chi connectivity index (χ3n) is 3.57. The fraction of sp³-hybridized carbons (Fsp3) is 0.222. The molecule has 0 aliphatic heterocycles. The molecule has 1 amide bonds. The molecule has 2 aromatic rings. The lowest BCUT2D eigenvalue weighted by atomic mass is 10.1. The number of aliphatic hydroxyl groups is 1. The van der Waals surface area contributed by atoms with Crippen LogP contribution in [0, 0.1) is 11.3 Å². The average Bonchev–Trinajstić information content (AvgIpc) is 2.59. The van der Waals surface area contributed by atoms with Crippen molar-refractivity contribution in [2.45, 2.75) is 23.6 Å². The minimum Gasteiger partial charge on any atom is -0.399 e. The zero-order valence-corrected chi connectivity index (χ0v) is 16.5. The Bertz CT molecular complexity index is 896. The second kappa shape index (κ2) is 9.23. The minimum atomic E-state index is -4.74. The summed E-state index contributed by atoms with van der Waals surface area (Å²) in [6, 6.07) is 11.1. The summed E-state index contributed by atoms with van der Waals surface area (Å²) < 4.78 is 39.0. The second-order valence-corrected chi connectivity index (χ2v) is 7.01. The number of anilines is 2. The van der Waals surface area contributed by atoms with Gasteiger partial charge in [0.2, 0.25) is 0 Å². The van der Waals surface area contributed by atoms with E-state index in [1.165, 1.54) is 30.8 Å². The molecule has 28 heavy (non-hydrogen) atoms. The third kappa shape index (κ3) is 6.09. The molecule has 1 atom stereocenters. The van der Waals surface area contributed by atoms with Gasteiger partial charge in [-0.25, -0.2) is 0 Å². The van der Waals surface area contributed by atoms with Crippen molar-refractivity contribution in [2.75, 3.05) is 16.8 Å². The number of hydrogen-bond acceptors (Lipinski definition) is 5. The standard InChI is InChI=1S/C18H16F3N3O2S.H2S/c1-17(26,10-27-14-4-2-3-12(23)7-14)16(25)24-13-6-5-11(9-22)15(8-13)18(19,20)21;/h2-8,26H,10,23H2,1H3,(H,24,25);1H2/t17-;/m1./s1. The molecule has 2 aromatic carbocycles. The van der Waals surface area contributed by atoms with Gasteiger partial charge in [0.05, 0.1) is 17.2 Å². The maximum atomic E-state index is 13.0. The lowest BCUT2D eigenvalue weighted by Gasteiger charge is -2.22. The van der Waals surface area contributed by atoms with Crippen molar-refractivity contribution in [1.82, 2.24) is 0 Å². The molecular formula is C18H18F3N3O2S2. The zero-order chi connectivity index (χ0) is 20.2. The number of rotatable bonds is 5. The normalized spacial score (nSPS) is 13.0. The van der Waals surface area contributed by atoms with Crippen LogP contribution in [0.1, 0.15) is 18.1 Å². The van der Waals surface area contributed by atoms with Crippen LogP contribution in [-0.4, -0.2) is 22.4 Å². The molecule has 5 nitrogen and oxygen atoms in total. The Balaban J connectivity index is 0.00000392. The number of nitrogens with two attached hydrogens (primary N) is 1. The highest BCUT2D eigenvalue weighted by atomic mass is 32.2. The smallest absolute Gasteiger partial charge is 0.399 e. The fourth-order valence-electron chi connectivity index (χ4n) is 2.11. The van der Waals surface area contributed by atoms with Gasteiger partial charge in [-0.05, 0) is 43.3 Å². The summed E-state index contributed by atoms with van der Waals surface area (Å²) in [4.78, 5) is 13.0. The fourth-order valence-corrected chi connectivity index (χ4v) is 3.09. The Labute approximate surface area is 171 Å². The highest BCUT2D eigenvalue weighted by molar-refractivity contribution is 7.99. The van der Waals surface area contributed by atoms with Gasteiger partial charge in [-0.3, -0.25) is 4.79 Å². The second-order valence-electron chi connectivity index (χ2n) is 5.96. The molecule has 10 heteroatoms.